The summed E-state index contributed by atoms with van der Waals surface area (Å²) in [6, 6.07) is 5.64. The van der Waals surface area contributed by atoms with E-state index < -0.39 is 11.7 Å². The average molecular weight is 248 g/mol. The zero-order chi connectivity index (χ0) is 13.3. The number of nitrogens with one attached hydrogen (secondary N) is 1. The van der Waals surface area contributed by atoms with Gasteiger partial charge < -0.3 is 9.26 Å². The SMILES string of the molecule is Cc1ccc2onc(NC(=O)OC(C)(C)C)c2c1. The third-order valence-corrected chi connectivity index (χ3v) is 2.24. The lowest BCUT2D eigenvalue weighted by Gasteiger charge is -2.19. The lowest BCUT2D eigenvalue weighted by molar-refractivity contribution is 0.0635. The number of aryl methyl sites for hydroxylation is 1. The number of amides is 1. The van der Waals surface area contributed by atoms with E-state index in [1.54, 1.807) is 20.8 Å². The third-order valence-electron chi connectivity index (χ3n) is 2.24. The minimum atomic E-state index is -0.542. The number of hydrogen-bond donors (Lipinski definition) is 1. The van der Waals surface area contributed by atoms with Crippen LogP contribution in [-0.4, -0.2) is 16.9 Å². The van der Waals surface area contributed by atoms with Gasteiger partial charge >= 0.3 is 6.09 Å². The summed E-state index contributed by atoms with van der Waals surface area (Å²) < 4.78 is 10.3. The second-order valence-corrected chi connectivity index (χ2v) is 5.16. The molecule has 0 atom stereocenters. The molecule has 0 spiro atoms. The number of carbonyl (C=O) groups excluding carboxylic acids is 1. The number of anilines is 1. The summed E-state index contributed by atoms with van der Waals surface area (Å²) in [5.41, 5.74) is 1.16. The first kappa shape index (κ1) is 12.4. The molecule has 2 aromatic rings. The molecule has 5 nitrogen and oxygen atoms in total. The number of ether oxygens (including phenoxy) is 1. The maximum absolute atomic E-state index is 11.6. The molecule has 0 bridgehead atoms. The van der Waals surface area contributed by atoms with Gasteiger partial charge in [0.05, 0.1) is 5.39 Å². The number of rotatable bonds is 1. The molecule has 96 valence electrons. The van der Waals surface area contributed by atoms with Crippen molar-refractivity contribution in [3.63, 3.8) is 0 Å². The highest BCUT2D eigenvalue weighted by Crippen LogP contribution is 2.24. The van der Waals surface area contributed by atoms with E-state index >= 15 is 0 Å². The van der Waals surface area contributed by atoms with E-state index in [1.165, 1.54) is 0 Å². The molecule has 5 heteroatoms. The molecule has 0 radical (unpaired) electrons. The van der Waals surface area contributed by atoms with Crippen molar-refractivity contribution >= 4 is 22.9 Å². The van der Waals surface area contributed by atoms with Crippen LogP contribution in [0.5, 0.6) is 0 Å². The Morgan fingerprint density at radius 2 is 2.11 bits per heavy atom. The molecule has 1 aromatic heterocycles. The fourth-order valence-electron chi connectivity index (χ4n) is 1.54. The largest absolute Gasteiger partial charge is 0.444 e. The lowest BCUT2D eigenvalue weighted by Crippen LogP contribution is -2.27. The molecule has 0 fully saturated rings. The number of aromatic nitrogens is 1. The van der Waals surface area contributed by atoms with Crippen LogP contribution in [0.15, 0.2) is 22.7 Å². The Labute approximate surface area is 105 Å². The number of carbonyl (C=O) groups is 1. The fourth-order valence-corrected chi connectivity index (χ4v) is 1.54. The second kappa shape index (κ2) is 4.33. The van der Waals surface area contributed by atoms with Gasteiger partial charge in [0.2, 0.25) is 0 Å². The summed E-state index contributed by atoms with van der Waals surface area (Å²) in [6.45, 7) is 7.37. The van der Waals surface area contributed by atoms with Crippen LogP contribution < -0.4 is 5.32 Å². The van der Waals surface area contributed by atoms with E-state index in [9.17, 15) is 4.79 Å². The van der Waals surface area contributed by atoms with Crippen molar-refractivity contribution in [3.8, 4) is 0 Å². The van der Waals surface area contributed by atoms with Crippen LogP contribution in [0.1, 0.15) is 26.3 Å². The maximum Gasteiger partial charge on any atom is 0.413 e. The van der Waals surface area contributed by atoms with E-state index in [1.807, 2.05) is 25.1 Å². The maximum atomic E-state index is 11.6. The molecule has 1 heterocycles. The van der Waals surface area contributed by atoms with E-state index in [0.717, 1.165) is 10.9 Å². The molecule has 18 heavy (non-hydrogen) atoms. The van der Waals surface area contributed by atoms with Gasteiger partial charge in [-0.25, -0.2) is 4.79 Å². The molecule has 0 unspecified atom stereocenters. The quantitative estimate of drug-likeness (QED) is 0.839. The normalized spacial score (nSPS) is 11.6. The first-order chi connectivity index (χ1) is 8.35. The van der Waals surface area contributed by atoms with Gasteiger partial charge in [-0.2, -0.15) is 0 Å². The van der Waals surface area contributed by atoms with Crippen molar-refractivity contribution in [3.05, 3.63) is 23.8 Å². The molecular weight excluding hydrogens is 232 g/mol. The smallest absolute Gasteiger partial charge is 0.413 e. The molecule has 0 aliphatic rings. The molecule has 1 amide bonds. The van der Waals surface area contributed by atoms with Gasteiger partial charge in [-0.1, -0.05) is 16.8 Å². The summed E-state index contributed by atoms with van der Waals surface area (Å²) in [4.78, 5) is 11.6. The van der Waals surface area contributed by atoms with Gasteiger partial charge in [0.1, 0.15) is 5.60 Å². The fraction of sp³-hybridized carbons (Fsp3) is 0.385. The number of hydrogen-bond acceptors (Lipinski definition) is 4. The van der Waals surface area contributed by atoms with Gasteiger partial charge in [-0.15, -0.1) is 0 Å². The summed E-state index contributed by atoms with van der Waals surface area (Å²) in [5.74, 6) is 0.378. The number of benzene rings is 1. The molecule has 1 N–H and O–H groups in total. The Balaban J connectivity index is 2.22. The summed E-state index contributed by atoms with van der Waals surface area (Å²) >= 11 is 0. The van der Waals surface area contributed by atoms with Crippen LogP contribution in [0.2, 0.25) is 0 Å². The first-order valence-electron chi connectivity index (χ1n) is 5.71. The van der Waals surface area contributed by atoms with Gasteiger partial charge in [-0.05, 0) is 39.8 Å². The topological polar surface area (TPSA) is 64.4 Å². The van der Waals surface area contributed by atoms with Crippen molar-refractivity contribution in [2.45, 2.75) is 33.3 Å². The van der Waals surface area contributed by atoms with Crippen molar-refractivity contribution in [2.24, 2.45) is 0 Å². The van der Waals surface area contributed by atoms with Crippen molar-refractivity contribution in [2.75, 3.05) is 5.32 Å². The minimum absolute atomic E-state index is 0.378. The number of nitrogens with zero attached hydrogens (tertiary/aromatic N) is 1. The van der Waals surface area contributed by atoms with Crippen LogP contribution in [0.3, 0.4) is 0 Å². The molecule has 0 aliphatic heterocycles. The summed E-state index contributed by atoms with van der Waals surface area (Å²) in [5, 5.41) is 7.17. The Kier molecular flexibility index (Phi) is 2.98. The molecule has 0 saturated heterocycles. The first-order valence-corrected chi connectivity index (χ1v) is 5.71. The van der Waals surface area contributed by atoms with Crippen molar-refractivity contribution in [1.29, 1.82) is 0 Å². The predicted octanol–water partition coefficient (Wildman–Crippen LogP) is 3.48. The number of fused-ring (bicyclic) bond motifs is 1. The van der Waals surface area contributed by atoms with Crippen LogP contribution in [-0.2, 0) is 4.74 Å². The standard InChI is InChI=1S/C13H16N2O3/c1-8-5-6-10-9(7-8)11(15-18-10)14-12(16)17-13(2,3)4/h5-7H,1-4H3,(H,14,15,16). The highest BCUT2D eigenvalue weighted by atomic mass is 16.6. The Hall–Kier alpha value is -2.04. The predicted molar refractivity (Wildman–Crippen MR) is 68.6 cm³/mol. The molecule has 0 saturated carbocycles. The van der Waals surface area contributed by atoms with Gasteiger partial charge in [0, 0.05) is 0 Å². The molecule has 1 aromatic carbocycles. The van der Waals surface area contributed by atoms with E-state index in [-0.39, 0.29) is 0 Å². The molecule has 2 rings (SSSR count). The van der Waals surface area contributed by atoms with Crippen LogP contribution >= 0.6 is 0 Å². The average Bonchev–Trinajstić information content (AvgIpc) is 2.58. The zero-order valence-corrected chi connectivity index (χ0v) is 10.9. The summed E-state index contributed by atoms with van der Waals surface area (Å²) in [7, 11) is 0. The van der Waals surface area contributed by atoms with Gasteiger partial charge in [-0.3, -0.25) is 5.32 Å². The van der Waals surface area contributed by atoms with Crippen molar-refractivity contribution < 1.29 is 14.1 Å². The van der Waals surface area contributed by atoms with Crippen LogP contribution in [0.25, 0.3) is 11.0 Å². The van der Waals surface area contributed by atoms with Gasteiger partial charge in [0.25, 0.3) is 0 Å². The second-order valence-electron chi connectivity index (χ2n) is 5.16. The van der Waals surface area contributed by atoms with Crippen molar-refractivity contribution in [1.82, 2.24) is 5.16 Å². The van der Waals surface area contributed by atoms with Gasteiger partial charge in [0.15, 0.2) is 11.4 Å². The monoisotopic (exact) mass is 248 g/mol. The Morgan fingerprint density at radius 3 is 2.78 bits per heavy atom. The van der Waals surface area contributed by atoms with Crippen LogP contribution in [0, 0.1) is 6.92 Å². The zero-order valence-electron chi connectivity index (χ0n) is 10.9. The summed E-state index contributed by atoms with van der Waals surface area (Å²) in [6.07, 6.45) is -0.542. The minimum Gasteiger partial charge on any atom is -0.444 e. The lowest BCUT2D eigenvalue weighted by atomic mass is 10.2. The third kappa shape index (κ3) is 2.80. The Morgan fingerprint density at radius 1 is 1.39 bits per heavy atom. The van der Waals surface area contributed by atoms with E-state index in [2.05, 4.69) is 10.5 Å². The highest BCUT2D eigenvalue weighted by Gasteiger charge is 2.18. The van der Waals surface area contributed by atoms with Crippen LogP contribution in [0.4, 0.5) is 10.6 Å². The van der Waals surface area contributed by atoms with E-state index in [0.29, 0.717) is 11.4 Å². The van der Waals surface area contributed by atoms with E-state index in [4.69, 9.17) is 9.26 Å². The highest BCUT2D eigenvalue weighted by molar-refractivity contribution is 5.96. The molecular formula is C13H16N2O3. The Bertz CT molecular complexity index is 581. The molecule has 0 aliphatic carbocycles.